The molecule has 0 amide bonds. The van der Waals surface area contributed by atoms with Crippen LogP contribution in [-0.4, -0.2) is 32.4 Å². The summed E-state index contributed by atoms with van der Waals surface area (Å²) in [5.74, 6) is -0.650. The quantitative estimate of drug-likeness (QED) is 0.834. The lowest BCUT2D eigenvalue weighted by Crippen LogP contribution is -2.38. The predicted octanol–water partition coefficient (Wildman–Crippen LogP) is 2.73. The largest absolute Gasteiger partial charge is 0.372 e. The summed E-state index contributed by atoms with van der Waals surface area (Å²) >= 11 is 0. The molecule has 0 spiro atoms. The van der Waals surface area contributed by atoms with E-state index < -0.39 is 15.8 Å². The average molecular weight is 349 g/mol. The summed E-state index contributed by atoms with van der Waals surface area (Å²) in [4.78, 5) is 0. The van der Waals surface area contributed by atoms with E-state index in [2.05, 4.69) is 0 Å². The van der Waals surface area contributed by atoms with Gasteiger partial charge in [-0.25, -0.2) is 17.1 Å². The van der Waals surface area contributed by atoms with Crippen molar-refractivity contribution in [2.45, 2.75) is 24.9 Å². The Kier molecular flexibility index (Phi) is 4.99. The van der Waals surface area contributed by atoms with Crippen LogP contribution >= 0.6 is 0 Å². The van der Waals surface area contributed by atoms with Crippen molar-refractivity contribution in [3.05, 3.63) is 71.0 Å². The summed E-state index contributed by atoms with van der Waals surface area (Å²) in [5, 5.41) is 0. The Labute approximate surface area is 141 Å². The minimum atomic E-state index is -3.52. The Morgan fingerprint density at radius 1 is 1.17 bits per heavy atom. The molecule has 24 heavy (non-hydrogen) atoms. The maximum Gasteiger partial charge on any atom is 0.218 e. The maximum absolute atomic E-state index is 13.2. The first-order valence-corrected chi connectivity index (χ1v) is 9.42. The molecule has 6 heteroatoms. The third kappa shape index (κ3) is 4.01. The molecule has 2 aromatic rings. The summed E-state index contributed by atoms with van der Waals surface area (Å²) in [6.07, 6.45) is 0.517. The van der Waals surface area contributed by atoms with E-state index >= 15 is 0 Å². The van der Waals surface area contributed by atoms with Crippen LogP contribution < -0.4 is 0 Å². The van der Waals surface area contributed by atoms with E-state index in [1.807, 2.05) is 24.3 Å². The summed E-state index contributed by atoms with van der Waals surface area (Å²) < 4.78 is 45.3. The van der Waals surface area contributed by atoms with Crippen LogP contribution in [0.15, 0.2) is 48.5 Å². The summed E-state index contributed by atoms with van der Waals surface area (Å²) in [7, 11) is -1.98. The normalized spacial score (nSPS) is 17.7. The lowest BCUT2D eigenvalue weighted by atomic mass is 9.99. The molecule has 0 N–H and O–H groups in total. The summed E-state index contributed by atoms with van der Waals surface area (Å²) in [6.45, 7) is 0.782. The smallest absolute Gasteiger partial charge is 0.218 e. The van der Waals surface area contributed by atoms with Crippen LogP contribution in [0, 0.1) is 5.82 Å². The number of sulfonamides is 1. The molecule has 1 aliphatic heterocycles. The Hall–Kier alpha value is -1.76. The van der Waals surface area contributed by atoms with E-state index in [0.29, 0.717) is 18.6 Å². The molecular weight excluding hydrogens is 329 g/mol. The first-order valence-electron chi connectivity index (χ1n) is 7.81. The highest BCUT2D eigenvalue weighted by molar-refractivity contribution is 7.88. The lowest BCUT2D eigenvalue weighted by Gasteiger charge is -2.28. The highest BCUT2D eigenvalue weighted by Gasteiger charge is 2.25. The molecule has 0 saturated carbocycles. The van der Waals surface area contributed by atoms with Gasteiger partial charge in [-0.3, -0.25) is 0 Å². The number of benzene rings is 2. The minimum absolute atomic E-state index is 0.174. The summed E-state index contributed by atoms with van der Waals surface area (Å²) in [6, 6.07) is 13.7. The SMILES string of the molecule is CN(CC1Cc2ccccc2CO1)S(=O)(=O)Cc1cccc(F)c1. The van der Waals surface area contributed by atoms with E-state index in [9.17, 15) is 12.8 Å². The summed E-state index contributed by atoms with van der Waals surface area (Å²) in [5.41, 5.74) is 2.79. The van der Waals surface area contributed by atoms with Crippen molar-refractivity contribution in [1.29, 1.82) is 0 Å². The van der Waals surface area contributed by atoms with Crippen molar-refractivity contribution in [2.75, 3.05) is 13.6 Å². The fourth-order valence-corrected chi connectivity index (χ4v) is 4.09. The number of ether oxygens (including phenoxy) is 1. The molecule has 3 rings (SSSR count). The molecule has 0 radical (unpaired) electrons. The topological polar surface area (TPSA) is 46.6 Å². The molecule has 0 aliphatic carbocycles. The molecule has 0 aromatic heterocycles. The standard InChI is InChI=1S/C18H20FNO3S/c1-20(24(21,22)13-14-5-4-8-17(19)9-14)11-18-10-15-6-2-3-7-16(15)12-23-18/h2-9,18H,10-13H2,1H3. The number of hydrogen-bond acceptors (Lipinski definition) is 3. The van der Waals surface area contributed by atoms with Crippen LogP contribution in [0.3, 0.4) is 0 Å². The van der Waals surface area contributed by atoms with Crippen molar-refractivity contribution in [2.24, 2.45) is 0 Å². The van der Waals surface area contributed by atoms with Gasteiger partial charge in [0, 0.05) is 20.0 Å². The van der Waals surface area contributed by atoms with Gasteiger partial charge in [0.05, 0.1) is 18.5 Å². The molecule has 2 aromatic carbocycles. The zero-order valence-corrected chi connectivity index (χ0v) is 14.3. The van der Waals surface area contributed by atoms with Gasteiger partial charge in [-0.15, -0.1) is 0 Å². The van der Waals surface area contributed by atoms with Gasteiger partial charge in [0.15, 0.2) is 0 Å². The van der Waals surface area contributed by atoms with Gasteiger partial charge in [0.2, 0.25) is 10.0 Å². The Morgan fingerprint density at radius 3 is 2.67 bits per heavy atom. The van der Waals surface area contributed by atoms with Crippen LogP contribution in [0.2, 0.25) is 0 Å². The lowest BCUT2D eigenvalue weighted by molar-refractivity contribution is 0.0202. The highest BCUT2D eigenvalue weighted by atomic mass is 32.2. The highest BCUT2D eigenvalue weighted by Crippen LogP contribution is 2.21. The second kappa shape index (κ2) is 7.01. The Bertz CT molecular complexity index is 823. The predicted molar refractivity (Wildman–Crippen MR) is 90.4 cm³/mol. The van der Waals surface area contributed by atoms with Gasteiger partial charge in [0.1, 0.15) is 5.82 Å². The Balaban J connectivity index is 1.65. The number of nitrogens with zero attached hydrogens (tertiary/aromatic N) is 1. The van der Waals surface area contributed by atoms with E-state index in [1.165, 1.54) is 28.1 Å². The monoisotopic (exact) mass is 349 g/mol. The van der Waals surface area contributed by atoms with E-state index in [4.69, 9.17) is 4.74 Å². The van der Waals surface area contributed by atoms with E-state index in [-0.39, 0.29) is 18.4 Å². The van der Waals surface area contributed by atoms with Crippen LogP contribution in [0.1, 0.15) is 16.7 Å². The fourth-order valence-electron chi connectivity index (χ4n) is 2.87. The van der Waals surface area contributed by atoms with E-state index in [1.54, 1.807) is 13.1 Å². The second-order valence-electron chi connectivity index (χ2n) is 6.07. The first kappa shape index (κ1) is 17.1. The zero-order valence-electron chi connectivity index (χ0n) is 13.5. The number of rotatable bonds is 5. The van der Waals surface area contributed by atoms with Crippen LogP contribution in [-0.2, 0) is 33.5 Å². The molecular formula is C18H20FNO3S. The van der Waals surface area contributed by atoms with Crippen molar-refractivity contribution >= 4 is 10.0 Å². The Morgan fingerprint density at radius 2 is 1.92 bits per heavy atom. The van der Waals surface area contributed by atoms with Crippen molar-refractivity contribution in [1.82, 2.24) is 4.31 Å². The van der Waals surface area contributed by atoms with Gasteiger partial charge in [-0.05, 0) is 28.8 Å². The molecule has 1 heterocycles. The maximum atomic E-state index is 13.2. The van der Waals surface area contributed by atoms with Crippen molar-refractivity contribution in [3.63, 3.8) is 0 Å². The van der Waals surface area contributed by atoms with Crippen LogP contribution in [0.4, 0.5) is 4.39 Å². The molecule has 0 fully saturated rings. The molecule has 1 aliphatic rings. The van der Waals surface area contributed by atoms with Crippen LogP contribution in [0.5, 0.6) is 0 Å². The van der Waals surface area contributed by atoms with E-state index in [0.717, 1.165) is 5.56 Å². The zero-order chi connectivity index (χ0) is 17.2. The number of hydrogen-bond donors (Lipinski definition) is 0. The van der Waals surface area contributed by atoms with Crippen LogP contribution in [0.25, 0.3) is 0 Å². The molecule has 0 saturated heterocycles. The van der Waals surface area contributed by atoms with Gasteiger partial charge in [-0.2, -0.15) is 0 Å². The van der Waals surface area contributed by atoms with Crippen molar-refractivity contribution in [3.8, 4) is 0 Å². The van der Waals surface area contributed by atoms with Gasteiger partial charge < -0.3 is 4.74 Å². The number of likely N-dealkylation sites (N-methyl/N-ethyl adjacent to an activating group) is 1. The first-order chi connectivity index (χ1) is 11.4. The third-order valence-corrected chi connectivity index (χ3v) is 6.01. The minimum Gasteiger partial charge on any atom is -0.372 e. The van der Waals surface area contributed by atoms with Crippen molar-refractivity contribution < 1.29 is 17.5 Å². The number of fused-ring (bicyclic) bond motifs is 1. The second-order valence-corrected chi connectivity index (χ2v) is 8.15. The molecule has 128 valence electrons. The van der Waals surface area contributed by atoms with Gasteiger partial charge in [-0.1, -0.05) is 36.4 Å². The van der Waals surface area contributed by atoms with Gasteiger partial charge >= 0.3 is 0 Å². The number of halogens is 1. The fraction of sp³-hybridized carbons (Fsp3) is 0.333. The molecule has 0 bridgehead atoms. The third-order valence-electron chi connectivity index (χ3n) is 4.21. The molecule has 4 nitrogen and oxygen atoms in total. The molecule has 1 atom stereocenters. The average Bonchev–Trinajstić information content (AvgIpc) is 2.54. The molecule has 1 unspecified atom stereocenters. The van der Waals surface area contributed by atoms with Gasteiger partial charge in [0.25, 0.3) is 0 Å².